The van der Waals surface area contributed by atoms with Crippen LogP contribution in [-0.4, -0.2) is 26.2 Å². The standard InChI is InChI=1S/C16H26N2/c1-13-6-8-14(9-7-13)18(4)12-15-16(2,3)10-5-11-17-15/h6-9,15,17H,5,10-12H2,1-4H3. The highest BCUT2D eigenvalue weighted by Crippen LogP contribution is 2.31. The number of piperidine rings is 1. The summed E-state index contributed by atoms with van der Waals surface area (Å²) in [5.74, 6) is 0. The average molecular weight is 246 g/mol. The molecule has 1 N–H and O–H groups in total. The molecule has 100 valence electrons. The summed E-state index contributed by atoms with van der Waals surface area (Å²) in [6.07, 6.45) is 2.63. The van der Waals surface area contributed by atoms with Crippen molar-refractivity contribution in [3.8, 4) is 0 Å². The van der Waals surface area contributed by atoms with Gasteiger partial charge in [0.2, 0.25) is 0 Å². The summed E-state index contributed by atoms with van der Waals surface area (Å²) in [7, 11) is 2.19. The predicted octanol–water partition coefficient (Wildman–Crippen LogP) is 3.21. The molecule has 2 rings (SSSR count). The van der Waals surface area contributed by atoms with E-state index in [4.69, 9.17) is 0 Å². The highest BCUT2D eigenvalue weighted by molar-refractivity contribution is 5.46. The zero-order valence-electron chi connectivity index (χ0n) is 12.2. The highest BCUT2D eigenvalue weighted by atomic mass is 15.1. The molecule has 1 unspecified atom stereocenters. The average Bonchev–Trinajstić information content (AvgIpc) is 2.32. The monoisotopic (exact) mass is 246 g/mol. The van der Waals surface area contributed by atoms with Crippen molar-refractivity contribution in [2.45, 2.75) is 39.7 Å². The smallest absolute Gasteiger partial charge is 0.0364 e. The molecule has 1 heterocycles. The Morgan fingerprint density at radius 2 is 1.94 bits per heavy atom. The van der Waals surface area contributed by atoms with Gasteiger partial charge in [0.05, 0.1) is 0 Å². The number of hydrogen-bond acceptors (Lipinski definition) is 2. The summed E-state index contributed by atoms with van der Waals surface area (Å²) in [5, 5.41) is 3.68. The molecule has 0 aromatic heterocycles. The van der Waals surface area contributed by atoms with Crippen molar-refractivity contribution >= 4 is 5.69 Å². The highest BCUT2D eigenvalue weighted by Gasteiger charge is 2.32. The molecular formula is C16H26N2. The quantitative estimate of drug-likeness (QED) is 0.881. The number of likely N-dealkylation sites (N-methyl/N-ethyl adjacent to an activating group) is 1. The van der Waals surface area contributed by atoms with E-state index < -0.39 is 0 Å². The molecular weight excluding hydrogens is 220 g/mol. The lowest BCUT2D eigenvalue weighted by Gasteiger charge is -2.41. The van der Waals surface area contributed by atoms with Crippen LogP contribution in [0.5, 0.6) is 0 Å². The van der Waals surface area contributed by atoms with E-state index in [-0.39, 0.29) is 0 Å². The second-order valence-electron chi connectivity index (χ2n) is 6.31. The Balaban J connectivity index is 2.02. The molecule has 1 atom stereocenters. The molecule has 2 nitrogen and oxygen atoms in total. The second kappa shape index (κ2) is 5.31. The fourth-order valence-corrected chi connectivity index (χ4v) is 2.76. The Morgan fingerprint density at radius 1 is 1.28 bits per heavy atom. The maximum absolute atomic E-state index is 3.68. The minimum absolute atomic E-state index is 0.400. The van der Waals surface area contributed by atoms with Crippen molar-refractivity contribution in [2.75, 3.05) is 25.0 Å². The van der Waals surface area contributed by atoms with Crippen molar-refractivity contribution in [3.05, 3.63) is 29.8 Å². The van der Waals surface area contributed by atoms with E-state index in [0.717, 1.165) is 13.1 Å². The number of benzene rings is 1. The molecule has 18 heavy (non-hydrogen) atoms. The van der Waals surface area contributed by atoms with Gasteiger partial charge in [-0.2, -0.15) is 0 Å². The van der Waals surface area contributed by atoms with Gasteiger partial charge < -0.3 is 10.2 Å². The van der Waals surface area contributed by atoms with Crippen LogP contribution in [0.4, 0.5) is 5.69 Å². The van der Waals surface area contributed by atoms with Gasteiger partial charge in [0.15, 0.2) is 0 Å². The van der Waals surface area contributed by atoms with Crippen LogP contribution in [0.15, 0.2) is 24.3 Å². The van der Waals surface area contributed by atoms with Crippen molar-refractivity contribution in [2.24, 2.45) is 5.41 Å². The molecule has 2 heteroatoms. The van der Waals surface area contributed by atoms with Gasteiger partial charge >= 0.3 is 0 Å². The minimum atomic E-state index is 0.400. The maximum Gasteiger partial charge on any atom is 0.0364 e. The summed E-state index contributed by atoms with van der Waals surface area (Å²) < 4.78 is 0. The normalized spacial score (nSPS) is 22.8. The van der Waals surface area contributed by atoms with Gasteiger partial charge in [-0.1, -0.05) is 31.5 Å². The molecule has 0 amide bonds. The molecule has 1 aromatic carbocycles. The van der Waals surface area contributed by atoms with Crippen LogP contribution in [0.3, 0.4) is 0 Å². The summed E-state index contributed by atoms with van der Waals surface area (Å²) in [6.45, 7) is 9.14. The van der Waals surface area contributed by atoms with Crippen LogP contribution >= 0.6 is 0 Å². The summed E-state index contributed by atoms with van der Waals surface area (Å²) >= 11 is 0. The van der Waals surface area contributed by atoms with Gasteiger partial charge in [-0.05, 0) is 43.9 Å². The Hall–Kier alpha value is -1.02. The number of nitrogens with one attached hydrogen (secondary N) is 1. The first-order valence-electron chi connectivity index (χ1n) is 7.00. The van der Waals surface area contributed by atoms with Gasteiger partial charge in [-0.15, -0.1) is 0 Å². The van der Waals surface area contributed by atoms with Crippen LogP contribution in [0.1, 0.15) is 32.3 Å². The molecule has 1 saturated heterocycles. The third kappa shape index (κ3) is 3.05. The Morgan fingerprint density at radius 3 is 2.56 bits per heavy atom. The molecule has 0 spiro atoms. The molecule has 1 aromatic rings. The van der Waals surface area contributed by atoms with Gasteiger partial charge in [0.25, 0.3) is 0 Å². The largest absolute Gasteiger partial charge is 0.373 e. The fraction of sp³-hybridized carbons (Fsp3) is 0.625. The topological polar surface area (TPSA) is 15.3 Å². The van der Waals surface area contributed by atoms with Crippen LogP contribution in [0.25, 0.3) is 0 Å². The van der Waals surface area contributed by atoms with Gasteiger partial charge in [-0.3, -0.25) is 0 Å². The Bertz CT molecular complexity index is 381. The number of rotatable bonds is 3. The van der Waals surface area contributed by atoms with E-state index in [1.165, 1.54) is 24.1 Å². The van der Waals surface area contributed by atoms with Crippen molar-refractivity contribution < 1.29 is 0 Å². The SMILES string of the molecule is Cc1ccc(N(C)CC2NCCCC2(C)C)cc1. The lowest BCUT2D eigenvalue weighted by molar-refractivity contribution is 0.184. The molecule has 1 fully saturated rings. The Kier molecular flexibility index (Phi) is 3.96. The van der Waals surface area contributed by atoms with Crippen LogP contribution < -0.4 is 10.2 Å². The third-order valence-electron chi connectivity index (χ3n) is 4.26. The molecule has 0 radical (unpaired) electrons. The molecule has 0 saturated carbocycles. The second-order valence-corrected chi connectivity index (χ2v) is 6.31. The van der Waals surface area contributed by atoms with E-state index in [0.29, 0.717) is 11.5 Å². The predicted molar refractivity (Wildman–Crippen MR) is 79.3 cm³/mol. The van der Waals surface area contributed by atoms with Gasteiger partial charge in [0.1, 0.15) is 0 Å². The van der Waals surface area contributed by atoms with E-state index in [1.807, 2.05) is 0 Å². The van der Waals surface area contributed by atoms with Gasteiger partial charge in [-0.25, -0.2) is 0 Å². The van der Waals surface area contributed by atoms with Crippen LogP contribution in [0, 0.1) is 12.3 Å². The number of hydrogen-bond donors (Lipinski definition) is 1. The summed E-state index contributed by atoms with van der Waals surface area (Å²) in [6, 6.07) is 9.38. The summed E-state index contributed by atoms with van der Waals surface area (Å²) in [5.41, 5.74) is 3.03. The maximum atomic E-state index is 3.68. The van der Waals surface area contributed by atoms with E-state index in [1.54, 1.807) is 0 Å². The van der Waals surface area contributed by atoms with Gasteiger partial charge in [0, 0.05) is 25.3 Å². The lowest BCUT2D eigenvalue weighted by atomic mass is 9.77. The minimum Gasteiger partial charge on any atom is -0.373 e. The fourth-order valence-electron chi connectivity index (χ4n) is 2.76. The first-order valence-corrected chi connectivity index (χ1v) is 7.00. The van der Waals surface area contributed by atoms with Crippen LogP contribution in [0.2, 0.25) is 0 Å². The third-order valence-corrected chi connectivity index (χ3v) is 4.26. The number of anilines is 1. The molecule has 0 bridgehead atoms. The lowest BCUT2D eigenvalue weighted by Crippen LogP contribution is -2.52. The van der Waals surface area contributed by atoms with E-state index >= 15 is 0 Å². The number of aryl methyl sites for hydroxylation is 1. The molecule has 0 aliphatic carbocycles. The van der Waals surface area contributed by atoms with E-state index in [2.05, 4.69) is 62.3 Å². The Labute approximate surface area is 111 Å². The van der Waals surface area contributed by atoms with Crippen molar-refractivity contribution in [1.82, 2.24) is 5.32 Å². The van der Waals surface area contributed by atoms with Crippen LogP contribution in [-0.2, 0) is 0 Å². The first kappa shape index (κ1) is 13.4. The van der Waals surface area contributed by atoms with E-state index in [9.17, 15) is 0 Å². The first-order chi connectivity index (χ1) is 8.49. The number of nitrogens with zero attached hydrogens (tertiary/aromatic N) is 1. The summed E-state index contributed by atoms with van der Waals surface area (Å²) in [4.78, 5) is 2.37. The van der Waals surface area contributed by atoms with Crippen molar-refractivity contribution in [3.63, 3.8) is 0 Å². The molecule has 1 aliphatic rings. The molecule has 1 aliphatic heterocycles. The zero-order chi connectivity index (χ0) is 13.2. The zero-order valence-corrected chi connectivity index (χ0v) is 12.2. The van der Waals surface area contributed by atoms with Crippen molar-refractivity contribution in [1.29, 1.82) is 0 Å².